The highest BCUT2D eigenvalue weighted by Crippen LogP contribution is 2.51. The van der Waals surface area contributed by atoms with E-state index in [0.29, 0.717) is 34.2 Å². The molecule has 0 bridgehead atoms. The molecular weight excluding hydrogens is 601 g/mol. The molecule has 12 heteroatoms. The number of amides is 1. The number of β-amino-alcohol motifs (C(OH)–C–C–N with tert-alkyl or cyclic N) is 1. The Morgan fingerprint density at radius 2 is 1.73 bits per heavy atom. The number of rotatable bonds is 5. The van der Waals surface area contributed by atoms with Gasteiger partial charge in [-0.2, -0.15) is 30.0 Å². The van der Waals surface area contributed by atoms with Crippen molar-refractivity contribution in [2.75, 3.05) is 31.6 Å². The van der Waals surface area contributed by atoms with Crippen molar-refractivity contribution in [3.05, 3.63) is 81.1 Å². The Morgan fingerprint density at radius 3 is 2.32 bits per heavy atom. The highest BCUT2D eigenvalue weighted by atomic mass is 35.5. The van der Waals surface area contributed by atoms with Crippen molar-refractivity contribution in [2.24, 2.45) is 11.0 Å². The van der Waals surface area contributed by atoms with E-state index < -0.39 is 39.6 Å². The zero-order valence-electron chi connectivity index (χ0n) is 21.8. The molecule has 3 heterocycles. The van der Waals surface area contributed by atoms with Crippen LogP contribution in [0.15, 0.2) is 53.6 Å². The van der Waals surface area contributed by atoms with Gasteiger partial charge in [-0.1, -0.05) is 59.6 Å². The van der Waals surface area contributed by atoms with Gasteiger partial charge < -0.3 is 10.0 Å². The number of alkyl halides is 3. The van der Waals surface area contributed by atoms with Gasteiger partial charge in [-0.25, -0.2) is 4.39 Å². The van der Waals surface area contributed by atoms with Crippen molar-refractivity contribution < 1.29 is 27.5 Å². The van der Waals surface area contributed by atoms with Gasteiger partial charge in [0.05, 0.1) is 28.8 Å². The van der Waals surface area contributed by atoms with Crippen LogP contribution in [0.3, 0.4) is 0 Å². The molecule has 3 aromatic rings. The highest BCUT2D eigenvalue weighted by Gasteiger charge is 2.62. The molecule has 0 aliphatic carbocycles. The summed E-state index contributed by atoms with van der Waals surface area (Å²) < 4.78 is 58.6. The molecule has 0 spiro atoms. The fourth-order valence-electron chi connectivity index (χ4n) is 6.00. The van der Waals surface area contributed by atoms with Crippen LogP contribution in [0.2, 0.25) is 10.0 Å². The Kier molecular flexibility index (Phi) is 7.00. The Bertz CT molecular complexity index is 1570. The van der Waals surface area contributed by atoms with Crippen molar-refractivity contribution in [3.8, 4) is 0 Å². The number of hydrogen-bond acceptors (Lipinski definition) is 5. The molecule has 5 nitrogen and oxygen atoms in total. The summed E-state index contributed by atoms with van der Waals surface area (Å²) >= 11 is 13.6. The SMILES string of the molecule is CN1N=C(c2ccc(C3(O)CN(C(=O)CC4CSC4)C3)c3ccccc23)CC1(c1cc(Cl)c(F)c(Cl)c1)C(F)(F)F. The zero-order valence-corrected chi connectivity index (χ0v) is 24.1. The first-order chi connectivity index (χ1) is 19.3. The van der Waals surface area contributed by atoms with E-state index in [9.17, 15) is 27.5 Å². The van der Waals surface area contributed by atoms with Crippen LogP contribution in [-0.4, -0.2) is 64.5 Å². The summed E-state index contributed by atoms with van der Waals surface area (Å²) in [7, 11) is 1.22. The third-order valence-corrected chi connectivity index (χ3v) is 10.3. The molecule has 1 unspecified atom stereocenters. The molecule has 0 radical (unpaired) electrons. The first-order valence-electron chi connectivity index (χ1n) is 13.0. The Hall–Kier alpha value is -2.53. The quantitative estimate of drug-likeness (QED) is 0.258. The fraction of sp³-hybridized carbons (Fsp3) is 0.379. The van der Waals surface area contributed by atoms with Crippen LogP contribution in [0.4, 0.5) is 17.6 Å². The largest absolute Gasteiger partial charge is 0.417 e. The van der Waals surface area contributed by atoms with Crippen molar-refractivity contribution >= 4 is 57.4 Å². The number of fused-ring (bicyclic) bond motifs is 1. The van der Waals surface area contributed by atoms with E-state index in [1.54, 1.807) is 41.3 Å². The zero-order chi connectivity index (χ0) is 29.3. The van der Waals surface area contributed by atoms with Gasteiger partial charge in [0.15, 0.2) is 11.4 Å². The van der Waals surface area contributed by atoms with Gasteiger partial charge in [0.2, 0.25) is 5.91 Å². The van der Waals surface area contributed by atoms with E-state index in [1.807, 2.05) is 11.8 Å². The molecule has 2 fully saturated rings. The van der Waals surface area contributed by atoms with E-state index in [0.717, 1.165) is 28.6 Å². The number of thioether (sulfide) groups is 1. The van der Waals surface area contributed by atoms with Crippen LogP contribution in [0.5, 0.6) is 0 Å². The Balaban J connectivity index is 1.34. The second kappa shape index (κ2) is 10.0. The predicted molar refractivity (Wildman–Crippen MR) is 153 cm³/mol. The molecule has 1 N–H and O–H groups in total. The van der Waals surface area contributed by atoms with Gasteiger partial charge in [0, 0.05) is 25.5 Å². The predicted octanol–water partition coefficient (Wildman–Crippen LogP) is 6.57. The van der Waals surface area contributed by atoms with Crippen molar-refractivity contribution in [1.29, 1.82) is 0 Å². The lowest BCUT2D eigenvalue weighted by molar-refractivity contribution is -0.227. The normalized spacial score (nSPS) is 22.5. The van der Waals surface area contributed by atoms with Crippen LogP contribution >= 0.6 is 35.0 Å². The highest BCUT2D eigenvalue weighted by molar-refractivity contribution is 8.00. The second-order valence-corrected chi connectivity index (χ2v) is 12.8. The van der Waals surface area contributed by atoms with Crippen molar-refractivity contribution in [3.63, 3.8) is 0 Å². The van der Waals surface area contributed by atoms with Crippen LogP contribution in [0.1, 0.15) is 29.5 Å². The summed E-state index contributed by atoms with van der Waals surface area (Å²) in [5.41, 5.74) is -2.98. The molecule has 3 aromatic carbocycles. The maximum atomic E-state index is 14.8. The second-order valence-electron chi connectivity index (χ2n) is 11.0. The van der Waals surface area contributed by atoms with Gasteiger partial charge in [-0.05, 0) is 51.5 Å². The smallest absolute Gasteiger partial charge is 0.381 e. The average Bonchev–Trinajstić information content (AvgIpc) is 3.24. The molecule has 3 aliphatic rings. The number of nitrogens with zero attached hydrogens (tertiary/aromatic N) is 3. The molecule has 0 aromatic heterocycles. The summed E-state index contributed by atoms with van der Waals surface area (Å²) in [5.74, 6) is 1.37. The molecule has 2 saturated heterocycles. The van der Waals surface area contributed by atoms with Gasteiger partial charge >= 0.3 is 6.18 Å². The first kappa shape index (κ1) is 28.6. The monoisotopic (exact) mass is 625 g/mol. The standard InChI is InChI=1S/C29H25Cl2F4N3O2S/c1-37-28(29(33,34)35,17-9-22(30)26(32)23(31)10-17)11-24(36-37)20-6-7-21(19-5-3-2-4-18(19)20)27(40)14-38(15-27)25(39)8-16-12-41-13-16/h2-7,9-10,16,40H,8,11-15H2,1H3. The van der Waals surface area contributed by atoms with Crippen LogP contribution in [-0.2, 0) is 15.9 Å². The van der Waals surface area contributed by atoms with Crippen molar-refractivity contribution in [2.45, 2.75) is 30.2 Å². The van der Waals surface area contributed by atoms with Gasteiger partial charge in [0.1, 0.15) is 5.60 Å². The molecule has 216 valence electrons. The minimum Gasteiger partial charge on any atom is -0.381 e. The third kappa shape index (κ3) is 4.58. The van der Waals surface area contributed by atoms with E-state index in [2.05, 4.69) is 5.10 Å². The molecule has 0 saturated carbocycles. The topological polar surface area (TPSA) is 56.1 Å². The maximum Gasteiger partial charge on any atom is 0.417 e. The van der Waals surface area contributed by atoms with Crippen LogP contribution < -0.4 is 0 Å². The van der Waals surface area contributed by atoms with E-state index in [4.69, 9.17) is 23.2 Å². The molecular formula is C29H25Cl2F4N3O2S. The first-order valence-corrected chi connectivity index (χ1v) is 14.9. The summed E-state index contributed by atoms with van der Waals surface area (Å²) in [6.45, 7) is 0.310. The lowest BCUT2D eigenvalue weighted by Crippen LogP contribution is -2.61. The summed E-state index contributed by atoms with van der Waals surface area (Å²) in [4.78, 5) is 14.3. The molecule has 1 atom stereocenters. The van der Waals surface area contributed by atoms with Crippen molar-refractivity contribution in [1.82, 2.24) is 9.91 Å². The molecule has 6 rings (SSSR count). The third-order valence-electron chi connectivity index (χ3n) is 8.34. The lowest BCUT2D eigenvalue weighted by atomic mass is 9.79. The molecule has 41 heavy (non-hydrogen) atoms. The van der Waals surface area contributed by atoms with E-state index >= 15 is 0 Å². The number of carbonyl (C=O) groups excluding carboxylic acids is 1. The number of hydrazone groups is 1. The number of likely N-dealkylation sites (tertiary alicyclic amines) is 1. The fourth-order valence-corrected chi connectivity index (χ4v) is 7.30. The number of benzene rings is 3. The van der Waals surface area contributed by atoms with E-state index in [-0.39, 0.29) is 30.3 Å². The minimum atomic E-state index is -4.82. The van der Waals surface area contributed by atoms with Gasteiger partial charge in [0.25, 0.3) is 0 Å². The van der Waals surface area contributed by atoms with Crippen LogP contribution in [0.25, 0.3) is 10.8 Å². The summed E-state index contributed by atoms with van der Waals surface area (Å²) in [6.07, 6.45) is -4.91. The lowest BCUT2D eigenvalue weighted by Gasteiger charge is -2.47. The van der Waals surface area contributed by atoms with Gasteiger partial charge in [-0.3, -0.25) is 9.80 Å². The Morgan fingerprint density at radius 1 is 1.10 bits per heavy atom. The summed E-state index contributed by atoms with van der Waals surface area (Å²) in [5, 5.41) is 16.9. The minimum absolute atomic E-state index is 0.0220. The molecule has 1 amide bonds. The Labute approximate surface area is 248 Å². The average molecular weight is 627 g/mol. The molecule has 3 aliphatic heterocycles. The number of hydrogen-bond donors (Lipinski definition) is 1. The van der Waals surface area contributed by atoms with Gasteiger partial charge in [-0.15, -0.1) is 0 Å². The number of carbonyl (C=O) groups is 1. The summed E-state index contributed by atoms with van der Waals surface area (Å²) in [6, 6.07) is 12.4. The number of halogens is 6. The van der Waals surface area contributed by atoms with E-state index in [1.165, 1.54) is 7.05 Å². The number of aliphatic hydroxyl groups is 1. The maximum absolute atomic E-state index is 14.8. The van der Waals surface area contributed by atoms with Crippen LogP contribution in [0, 0.1) is 11.7 Å².